The summed E-state index contributed by atoms with van der Waals surface area (Å²) in [5, 5.41) is 59.0. The van der Waals surface area contributed by atoms with Gasteiger partial charge in [-0.2, -0.15) is 0 Å². The standard InChI is InChI=1S/C14H23N3O7/c15-10-1-2-11(16(3-5-18)4-6-19)12(13(10)17(23)24)14(7-20,8-21)9-22/h1-2,18-22H,3-9,15H2. The van der Waals surface area contributed by atoms with Gasteiger partial charge in [0.1, 0.15) is 5.69 Å². The predicted molar refractivity (Wildman–Crippen MR) is 86.8 cm³/mol. The molecule has 1 aromatic carbocycles. The summed E-state index contributed by atoms with van der Waals surface area (Å²) in [6, 6.07) is 2.72. The second-order valence-electron chi connectivity index (χ2n) is 5.34. The van der Waals surface area contributed by atoms with E-state index in [-0.39, 0.29) is 43.2 Å². The molecule has 0 saturated carbocycles. The van der Waals surface area contributed by atoms with Gasteiger partial charge in [0.15, 0.2) is 0 Å². The molecule has 0 heterocycles. The lowest BCUT2D eigenvalue weighted by atomic mass is 9.79. The Balaban J connectivity index is 3.77. The van der Waals surface area contributed by atoms with Gasteiger partial charge in [0, 0.05) is 18.8 Å². The van der Waals surface area contributed by atoms with Crippen molar-refractivity contribution in [2.45, 2.75) is 5.41 Å². The zero-order valence-corrected chi connectivity index (χ0v) is 13.1. The number of nitro groups is 1. The molecule has 10 nitrogen and oxygen atoms in total. The Bertz CT molecular complexity index is 549. The first-order valence-corrected chi connectivity index (χ1v) is 7.29. The Labute approximate surface area is 138 Å². The number of anilines is 2. The first-order chi connectivity index (χ1) is 11.4. The first kappa shape index (κ1) is 20.1. The molecule has 1 rings (SSSR count). The van der Waals surface area contributed by atoms with Gasteiger partial charge < -0.3 is 36.2 Å². The number of rotatable bonds is 10. The van der Waals surface area contributed by atoms with Crippen LogP contribution in [0.2, 0.25) is 0 Å². The molecule has 0 radical (unpaired) electrons. The number of nitro benzene ring substituents is 1. The number of nitrogens with two attached hydrogens (primary N) is 1. The molecule has 0 bridgehead atoms. The van der Waals surface area contributed by atoms with Gasteiger partial charge in [0.2, 0.25) is 0 Å². The fourth-order valence-corrected chi connectivity index (χ4v) is 2.56. The molecule has 0 aliphatic carbocycles. The number of benzene rings is 1. The van der Waals surface area contributed by atoms with Crippen molar-refractivity contribution in [2.24, 2.45) is 0 Å². The summed E-state index contributed by atoms with van der Waals surface area (Å²) in [6.45, 7) is -2.76. The molecular weight excluding hydrogens is 322 g/mol. The number of hydrogen-bond acceptors (Lipinski definition) is 9. The zero-order valence-electron chi connectivity index (χ0n) is 13.1. The molecule has 24 heavy (non-hydrogen) atoms. The van der Waals surface area contributed by atoms with Gasteiger partial charge in [-0.15, -0.1) is 0 Å². The van der Waals surface area contributed by atoms with Crippen molar-refractivity contribution < 1.29 is 30.5 Å². The number of nitrogens with zero attached hydrogens (tertiary/aromatic N) is 2. The normalized spacial score (nSPS) is 11.5. The molecule has 0 atom stereocenters. The van der Waals surface area contributed by atoms with Gasteiger partial charge in [-0.25, -0.2) is 0 Å². The van der Waals surface area contributed by atoms with Gasteiger partial charge >= 0.3 is 0 Å². The number of aliphatic hydroxyl groups excluding tert-OH is 5. The summed E-state index contributed by atoms with van der Waals surface area (Å²) < 4.78 is 0. The molecule has 10 heteroatoms. The maximum absolute atomic E-state index is 11.5. The van der Waals surface area contributed by atoms with E-state index in [1.54, 1.807) is 0 Å². The van der Waals surface area contributed by atoms with Crippen LogP contribution >= 0.6 is 0 Å². The molecule has 0 amide bonds. The van der Waals surface area contributed by atoms with Gasteiger partial charge in [0.25, 0.3) is 5.69 Å². The highest BCUT2D eigenvalue weighted by Gasteiger charge is 2.41. The Morgan fingerprint density at radius 2 is 1.54 bits per heavy atom. The largest absolute Gasteiger partial charge is 0.395 e. The summed E-state index contributed by atoms with van der Waals surface area (Å²) in [7, 11) is 0. The molecule has 7 N–H and O–H groups in total. The molecular formula is C14H23N3O7. The lowest BCUT2D eigenvalue weighted by Gasteiger charge is -2.34. The smallest absolute Gasteiger partial charge is 0.298 e. The Kier molecular flexibility index (Phi) is 7.32. The molecule has 0 aliphatic heterocycles. The SMILES string of the molecule is Nc1ccc(N(CCO)CCO)c(C(CO)(CO)CO)c1[N+](=O)[O-]. The highest BCUT2D eigenvalue weighted by atomic mass is 16.6. The fourth-order valence-electron chi connectivity index (χ4n) is 2.56. The average Bonchev–Trinajstić information content (AvgIpc) is 2.57. The monoisotopic (exact) mass is 345 g/mol. The minimum Gasteiger partial charge on any atom is -0.395 e. The topological polar surface area (TPSA) is 174 Å². The third-order valence-electron chi connectivity index (χ3n) is 3.89. The fraction of sp³-hybridized carbons (Fsp3) is 0.571. The summed E-state index contributed by atoms with van der Waals surface area (Å²) in [5.74, 6) is 0. The second kappa shape index (κ2) is 8.76. The molecule has 1 aromatic rings. The highest BCUT2D eigenvalue weighted by Crippen LogP contribution is 2.42. The van der Waals surface area contributed by atoms with Crippen molar-refractivity contribution in [1.82, 2.24) is 0 Å². The molecule has 0 saturated heterocycles. The average molecular weight is 345 g/mol. The summed E-state index contributed by atoms with van der Waals surface area (Å²) in [5.41, 5.74) is 3.31. The van der Waals surface area contributed by atoms with Crippen molar-refractivity contribution in [2.75, 3.05) is 56.8 Å². The van der Waals surface area contributed by atoms with E-state index in [1.165, 1.54) is 17.0 Å². The second-order valence-corrected chi connectivity index (χ2v) is 5.34. The van der Waals surface area contributed by atoms with E-state index in [4.69, 9.17) is 5.73 Å². The molecule has 0 aromatic heterocycles. The summed E-state index contributed by atoms with van der Waals surface area (Å²) >= 11 is 0. The molecule has 0 spiro atoms. The van der Waals surface area contributed by atoms with Crippen LogP contribution in [0.4, 0.5) is 17.1 Å². The Morgan fingerprint density at radius 3 is 1.92 bits per heavy atom. The van der Waals surface area contributed by atoms with Gasteiger partial charge in [-0.1, -0.05) is 0 Å². The van der Waals surface area contributed by atoms with Crippen LogP contribution in [0.1, 0.15) is 5.56 Å². The van der Waals surface area contributed by atoms with Crippen molar-refractivity contribution in [1.29, 1.82) is 0 Å². The van der Waals surface area contributed by atoms with E-state index in [0.29, 0.717) is 0 Å². The number of nitrogen functional groups attached to an aromatic ring is 1. The highest BCUT2D eigenvalue weighted by molar-refractivity contribution is 5.75. The summed E-state index contributed by atoms with van der Waals surface area (Å²) in [6.07, 6.45) is 0. The maximum atomic E-state index is 11.5. The van der Waals surface area contributed by atoms with E-state index < -0.39 is 35.8 Å². The van der Waals surface area contributed by atoms with Gasteiger partial charge in [-0.3, -0.25) is 10.1 Å². The van der Waals surface area contributed by atoms with Crippen LogP contribution in [0.3, 0.4) is 0 Å². The van der Waals surface area contributed by atoms with Crippen molar-refractivity contribution in [3.63, 3.8) is 0 Å². The molecule has 0 aliphatic rings. The van der Waals surface area contributed by atoms with Crippen molar-refractivity contribution in [3.05, 3.63) is 27.8 Å². The first-order valence-electron chi connectivity index (χ1n) is 7.29. The van der Waals surface area contributed by atoms with Crippen LogP contribution < -0.4 is 10.6 Å². The molecule has 0 unspecified atom stereocenters. The van der Waals surface area contributed by atoms with Crippen molar-refractivity contribution >= 4 is 17.1 Å². The van der Waals surface area contributed by atoms with Gasteiger partial charge in [0.05, 0.1) is 48.9 Å². The third-order valence-corrected chi connectivity index (χ3v) is 3.89. The van der Waals surface area contributed by atoms with E-state index in [0.717, 1.165) is 0 Å². The Hall–Kier alpha value is -1.98. The van der Waals surface area contributed by atoms with Crippen molar-refractivity contribution in [3.8, 4) is 0 Å². The van der Waals surface area contributed by atoms with E-state index in [2.05, 4.69) is 0 Å². The third kappa shape index (κ3) is 3.74. The maximum Gasteiger partial charge on any atom is 0.298 e. The lowest BCUT2D eigenvalue weighted by Crippen LogP contribution is -2.42. The van der Waals surface area contributed by atoms with Crippen LogP contribution in [0.15, 0.2) is 12.1 Å². The van der Waals surface area contributed by atoms with Gasteiger partial charge in [-0.05, 0) is 12.1 Å². The molecule has 0 fully saturated rings. The van der Waals surface area contributed by atoms with Crippen LogP contribution in [-0.4, -0.2) is 76.6 Å². The van der Waals surface area contributed by atoms with E-state index >= 15 is 0 Å². The van der Waals surface area contributed by atoms with Crippen LogP contribution in [0.5, 0.6) is 0 Å². The number of aliphatic hydroxyl groups is 5. The van der Waals surface area contributed by atoms with Crippen LogP contribution in [-0.2, 0) is 5.41 Å². The number of hydrogen-bond donors (Lipinski definition) is 6. The molecule has 136 valence electrons. The lowest BCUT2D eigenvalue weighted by molar-refractivity contribution is -0.385. The van der Waals surface area contributed by atoms with Crippen LogP contribution in [0.25, 0.3) is 0 Å². The van der Waals surface area contributed by atoms with E-state index in [1.807, 2.05) is 0 Å². The van der Waals surface area contributed by atoms with E-state index in [9.17, 15) is 35.6 Å². The summed E-state index contributed by atoms with van der Waals surface area (Å²) in [4.78, 5) is 12.2. The quantitative estimate of drug-likeness (QED) is 0.162. The zero-order chi connectivity index (χ0) is 18.3. The predicted octanol–water partition coefficient (Wildman–Crippen LogP) is -1.82. The minimum atomic E-state index is -1.71. The van der Waals surface area contributed by atoms with Crippen LogP contribution in [0, 0.1) is 10.1 Å². The Morgan fingerprint density at radius 1 is 1.04 bits per heavy atom. The minimum absolute atomic E-state index is 0.0486.